The van der Waals surface area contributed by atoms with Crippen LogP contribution in [0.1, 0.15) is 43.4 Å². The van der Waals surface area contributed by atoms with Crippen molar-refractivity contribution in [1.29, 1.82) is 0 Å². The van der Waals surface area contributed by atoms with Gasteiger partial charge >= 0.3 is 0 Å². The number of aromatic nitrogens is 1. The van der Waals surface area contributed by atoms with Crippen LogP contribution >= 0.6 is 11.6 Å². The van der Waals surface area contributed by atoms with E-state index in [-0.39, 0.29) is 0 Å². The molecule has 2 aromatic rings. The first-order valence-electron chi connectivity index (χ1n) is 8.96. The zero-order valence-electron chi connectivity index (χ0n) is 14.1. The molecule has 25 heavy (non-hydrogen) atoms. The number of aliphatic imine (C=N–C) groups is 1. The van der Waals surface area contributed by atoms with Gasteiger partial charge in [0.1, 0.15) is 0 Å². The Labute approximate surface area is 153 Å². The molecule has 4 rings (SSSR count). The van der Waals surface area contributed by atoms with E-state index in [2.05, 4.69) is 34.7 Å². The van der Waals surface area contributed by atoms with Gasteiger partial charge in [0, 0.05) is 29.0 Å². The zero-order valence-corrected chi connectivity index (χ0v) is 14.9. The minimum Gasteiger partial charge on any atom is -0.386 e. The number of H-pyrrole nitrogens is 1. The summed E-state index contributed by atoms with van der Waals surface area (Å²) in [6.45, 7) is 0. The first-order valence-corrected chi connectivity index (χ1v) is 9.34. The Morgan fingerprint density at radius 3 is 2.60 bits per heavy atom. The highest BCUT2D eigenvalue weighted by molar-refractivity contribution is 6.30. The third-order valence-corrected chi connectivity index (χ3v) is 5.14. The molecule has 0 saturated heterocycles. The van der Waals surface area contributed by atoms with Gasteiger partial charge in [-0.15, -0.1) is 0 Å². The Balaban J connectivity index is 1.63. The second kappa shape index (κ2) is 7.32. The average molecular weight is 352 g/mol. The molecule has 0 spiro atoms. The molecule has 0 radical (unpaired) electrons. The van der Waals surface area contributed by atoms with Gasteiger partial charge in [-0.3, -0.25) is 0 Å². The van der Waals surface area contributed by atoms with Crippen LogP contribution in [0.5, 0.6) is 0 Å². The Kier molecular flexibility index (Phi) is 4.75. The summed E-state index contributed by atoms with van der Waals surface area (Å²) in [6.07, 6.45) is 12.6. The summed E-state index contributed by atoms with van der Waals surface area (Å²) in [6, 6.07) is 12.6. The fourth-order valence-corrected chi connectivity index (χ4v) is 3.62. The number of halogens is 1. The molecule has 4 heteroatoms. The van der Waals surface area contributed by atoms with Crippen LogP contribution < -0.4 is 5.32 Å². The molecule has 2 aliphatic rings. The van der Waals surface area contributed by atoms with Crippen molar-refractivity contribution in [2.24, 2.45) is 4.99 Å². The molecule has 3 nitrogen and oxygen atoms in total. The number of aromatic amines is 1. The van der Waals surface area contributed by atoms with E-state index in [1.807, 2.05) is 30.5 Å². The molecule has 1 aliphatic carbocycles. The first kappa shape index (κ1) is 16.2. The van der Waals surface area contributed by atoms with Crippen molar-refractivity contribution in [1.82, 2.24) is 10.3 Å². The van der Waals surface area contributed by atoms with Gasteiger partial charge in [-0.2, -0.15) is 0 Å². The first-order chi connectivity index (χ1) is 12.3. The van der Waals surface area contributed by atoms with Crippen LogP contribution in [0.3, 0.4) is 0 Å². The van der Waals surface area contributed by atoms with Crippen LogP contribution in [0.4, 0.5) is 0 Å². The summed E-state index contributed by atoms with van der Waals surface area (Å²) in [5.74, 6) is 0. The van der Waals surface area contributed by atoms with Crippen molar-refractivity contribution < 1.29 is 0 Å². The van der Waals surface area contributed by atoms with E-state index in [1.165, 1.54) is 32.1 Å². The van der Waals surface area contributed by atoms with Gasteiger partial charge in [0.15, 0.2) is 0 Å². The van der Waals surface area contributed by atoms with Crippen molar-refractivity contribution in [3.05, 3.63) is 76.8 Å². The standard InChI is InChI=1S/C21H22ClN3/c22-16-10-8-15(9-11-16)18-13-20(19-7-4-12-23-19)25-21(18)14-24-17-5-2-1-3-6-17/h4,7-14,17,23-24H,1-3,5-6H2. The molecule has 2 N–H and O–H groups in total. The molecule has 0 unspecified atom stereocenters. The van der Waals surface area contributed by atoms with Crippen LogP contribution in [-0.4, -0.2) is 16.7 Å². The molecule has 0 atom stereocenters. The molecule has 2 heterocycles. The minimum absolute atomic E-state index is 0.567. The van der Waals surface area contributed by atoms with Gasteiger partial charge in [0.25, 0.3) is 0 Å². The average Bonchev–Trinajstić information content (AvgIpc) is 3.31. The number of allylic oxidation sites excluding steroid dienone is 2. The van der Waals surface area contributed by atoms with Crippen molar-refractivity contribution in [2.75, 3.05) is 0 Å². The monoisotopic (exact) mass is 351 g/mol. The zero-order chi connectivity index (χ0) is 17.1. The van der Waals surface area contributed by atoms with E-state index >= 15 is 0 Å². The molecule has 1 fully saturated rings. The van der Waals surface area contributed by atoms with Crippen molar-refractivity contribution in [3.8, 4) is 0 Å². The summed E-state index contributed by atoms with van der Waals surface area (Å²) in [5, 5.41) is 4.34. The SMILES string of the molecule is Clc1ccc(C2=CC(c3ccc[nH]3)=NC2=CNC2CCCCC2)cc1. The topological polar surface area (TPSA) is 40.2 Å². The highest BCUT2D eigenvalue weighted by atomic mass is 35.5. The second-order valence-corrected chi connectivity index (χ2v) is 7.11. The lowest BCUT2D eigenvalue weighted by atomic mass is 9.95. The van der Waals surface area contributed by atoms with E-state index < -0.39 is 0 Å². The molecule has 0 bridgehead atoms. The lowest BCUT2D eigenvalue weighted by molar-refractivity contribution is 0.404. The molecular weight excluding hydrogens is 330 g/mol. The lowest BCUT2D eigenvalue weighted by Crippen LogP contribution is -2.26. The lowest BCUT2D eigenvalue weighted by Gasteiger charge is -2.22. The van der Waals surface area contributed by atoms with E-state index in [9.17, 15) is 0 Å². The summed E-state index contributed by atoms with van der Waals surface area (Å²) in [5.41, 5.74) is 5.24. The Morgan fingerprint density at radius 2 is 1.88 bits per heavy atom. The van der Waals surface area contributed by atoms with Gasteiger partial charge in [0.05, 0.1) is 17.1 Å². The van der Waals surface area contributed by atoms with E-state index in [4.69, 9.17) is 16.6 Å². The van der Waals surface area contributed by atoms with Gasteiger partial charge in [-0.05, 0) is 48.7 Å². The number of nitrogens with zero attached hydrogens (tertiary/aromatic N) is 1. The van der Waals surface area contributed by atoms with Crippen molar-refractivity contribution in [3.63, 3.8) is 0 Å². The van der Waals surface area contributed by atoms with E-state index in [1.54, 1.807) is 0 Å². The molecule has 128 valence electrons. The van der Waals surface area contributed by atoms with Crippen LogP contribution in [0.15, 0.2) is 65.6 Å². The highest BCUT2D eigenvalue weighted by Gasteiger charge is 2.19. The third-order valence-electron chi connectivity index (χ3n) is 4.89. The maximum absolute atomic E-state index is 6.05. The number of hydrogen-bond acceptors (Lipinski definition) is 2. The Morgan fingerprint density at radius 1 is 1.08 bits per heavy atom. The summed E-state index contributed by atoms with van der Waals surface area (Å²) >= 11 is 6.05. The fraction of sp³-hybridized carbons (Fsp3) is 0.286. The van der Waals surface area contributed by atoms with Crippen molar-refractivity contribution >= 4 is 22.9 Å². The normalized spacial score (nSPS) is 19.8. The Hall–Kier alpha value is -2.26. The van der Waals surface area contributed by atoms with Crippen LogP contribution in [-0.2, 0) is 0 Å². The van der Waals surface area contributed by atoms with Crippen LogP contribution in [0, 0.1) is 0 Å². The number of nitrogens with one attached hydrogen (secondary N) is 2. The number of rotatable bonds is 4. The molecule has 1 aliphatic heterocycles. The summed E-state index contributed by atoms with van der Waals surface area (Å²) in [4.78, 5) is 8.10. The smallest absolute Gasteiger partial charge is 0.0879 e. The van der Waals surface area contributed by atoms with Gasteiger partial charge < -0.3 is 10.3 Å². The molecule has 1 aromatic carbocycles. The highest BCUT2D eigenvalue weighted by Crippen LogP contribution is 2.31. The largest absolute Gasteiger partial charge is 0.386 e. The molecule has 1 aromatic heterocycles. The summed E-state index contributed by atoms with van der Waals surface area (Å²) in [7, 11) is 0. The third kappa shape index (κ3) is 3.72. The Bertz CT molecular complexity index is 807. The molecular formula is C21H22ClN3. The predicted octanol–water partition coefficient (Wildman–Crippen LogP) is 5.32. The predicted molar refractivity (Wildman–Crippen MR) is 105 cm³/mol. The van der Waals surface area contributed by atoms with Gasteiger partial charge in [0.2, 0.25) is 0 Å². The van der Waals surface area contributed by atoms with E-state index in [0.29, 0.717) is 6.04 Å². The maximum atomic E-state index is 6.05. The number of benzene rings is 1. The van der Waals surface area contributed by atoms with E-state index in [0.717, 1.165) is 33.3 Å². The van der Waals surface area contributed by atoms with Crippen molar-refractivity contribution in [2.45, 2.75) is 38.1 Å². The quantitative estimate of drug-likeness (QED) is 0.769. The number of hydrogen-bond donors (Lipinski definition) is 2. The molecule has 0 amide bonds. The minimum atomic E-state index is 0.567. The summed E-state index contributed by atoms with van der Waals surface area (Å²) < 4.78 is 0. The van der Waals surface area contributed by atoms with Crippen LogP contribution in [0.25, 0.3) is 5.57 Å². The van der Waals surface area contributed by atoms with Gasteiger partial charge in [-0.25, -0.2) is 4.99 Å². The van der Waals surface area contributed by atoms with Crippen LogP contribution in [0.2, 0.25) is 5.02 Å². The maximum Gasteiger partial charge on any atom is 0.0879 e. The second-order valence-electron chi connectivity index (χ2n) is 6.68. The molecule has 1 saturated carbocycles. The van der Waals surface area contributed by atoms with Gasteiger partial charge in [-0.1, -0.05) is 43.0 Å². The fourth-order valence-electron chi connectivity index (χ4n) is 3.50.